The molecule has 0 spiro atoms. The van der Waals surface area contributed by atoms with Gasteiger partial charge in [-0.15, -0.1) is 0 Å². The van der Waals surface area contributed by atoms with Crippen molar-refractivity contribution in [3.63, 3.8) is 0 Å². The third-order valence-corrected chi connectivity index (χ3v) is 6.07. The maximum atomic E-state index is 13.1. The van der Waals surface area contributed by atoms with E-state index in [9.17, 15) is 14.0 Å². The number of Topliss-reactive ketones (excluding diaryl/α,β-unsaturated/α-hetero) is 1. The molecule has 0 unspecified atom stereocenters. The zero-order valence-electron chi connectivity index (χ0n) is 18.2. The zero-order valence-corrected chi connectivity index (χ0v) is 18.2. The first kappa shape index (κ1) is 22.0. The minimum Gasteiger partial charge on any atom is -0.493 e. The second-order valence-corrected chi connectivity index (χ2v) is 7.95. The lowest BCUT2D eigenvalue weighted by atomic mass is 9.89. The number of likely N-dealkylation sites (tertiary alicyclic amines) is 1. The van der Waals surface area contributed by atoms with Crippen molar-refractivity contribution >= 4 is 16.6 Å². The van der Waals surface area contributed by atoms with Crippen molar-refractivity contribution < 1.29 is 18.7 Å². The Kier molecular flexibility index (Phi) is 6.50. The summed E-state index contributed by atoms with van der Waals surface area (Å²) in [5.41, 5.74) is 0.383. The average molecular weight is 439 g/mol. The monoisotopic (exact) mass is 439 g/mol. The van der Waals surface area contributed by atoms with Crippen molar-refractivity contribution in [2.75, 3.05) is 33.9 Å². The first-order valence-electron chi connectivity index (χ1n) is 10.6. The summed E-state index contributed by atoms with van der Waals surface area (Å²) in [6.45, 7) is 2.67. The molecule has 1 aliphatic heterocycles. The van der Waals surface area contributed by atoms with Gasteiger partial charge in [-0.25, -0.2) is 9.07 Å². The summed E-state index contributed by atoms with van der Waals surface area (Å²) in [7, 11) is 3.09. The molecule has 4 rings (SSSR count). The minimum absolute atomic E-state index is 0.0549. The molecule has 0 aliphatic carbocycles. The van der Waals surface area contributed by atoms with Crippen molar-refractivity contribution in [3.8, 4) is 11.5 Å². The molecule has 2 heterocycles. The molecule has 1 aliphatic rings. The van der Waals surface area contributed by atoms with Crippen LogP contribution in [0.15, 0.2) is 47.4 Å². The van der Waals surface area contributed by atoms with Crippen LogP contribution in [0, 0.1) is 11.7 Å². The summed E-state index contributed by atoms with van der Waals surface area (Å²) in [4.78, 5) is 27.8. The molecule has 0 radical (unpaired) electrons. The Morgan fingerprint density at radius 3 is 2.38 bits per heavy atom. The number of carbonyl (C=O) groups excluding carboxylic acids is 1. The number of methoxy groups -OCH3 is 2. The number of hydrogen-bond donors (Lipinski definition) is 0. The van der Waals surface area contributed by atoms with E-state index in [1.165, 1.54) is 23.9 Å². The highest BCUT2D eigenvalue weighted by molar-refractivity contribution is 5.97. The fraction of sp³-hybridized carbons (Fsp3) is 0.375. The molecule has 1 fully saturated rings. The van der Waals surface area contributed by atoms with Gasteiger partial charge in [0.1, 0.15) is 5.82 Å². The number of halogens is 1. The first-order chi connectivity index (χ1) is 15.5. The number of carbonyl (C=O) groups is 1. The van der Waals surface area contributed by atoms with Gasteiger partial charge in [-0.2, -0.15) is 5.10 Å². The second-order valence-electron chi connectivity index (χ2n) is 7.95. The standard InChI is InChI=1S/C24H26FN3O4/c1-31-21-13-18-15-26-28(24(30)20(18)14-22(21)32-2)12-11-27-9-7-17(8-10-27)23(29)16-3-5-19(25)6-4-16/h3-6,13-15,17H,7-12H2,1-2H3. The summed E-state index contributed by atoms with van der Waals surface area (Å²) in [5.74, 6) is 0.730. The van der Waals surface area contributed by atoms with Gasteiger partial charge in [0.15, 0.2) is 17.3 Å². The van der Waals surface area contributed by atoms with Crippen LogP contribution < -0.4 is 15.0 Å². The average Bonchev–Trinajstić information content (AvgIpc) is 2.83. The van der Waals surface area contributed by atoms with Crippen molar-refractivity contribution in [2.24, 2.45) is 5.92 Å². The molecule has 1 aromatic heterocycles. The Morgan fingerprint density at radius 1 is 1.06 bits per heavy atom. The van der Waals surface area contributed by atoms with Crippen molar-refractivity contribution in [3.05, 3.63) is 64.3 Å². The molecule has 3 aromatic rings. The van der Waals surface area contributed by atoms with E-state index in [1.54, 1.807) is 37.6 Å². The number of benzene rings is 2. The van der Waals surface area contributed by atoms with E-state index in [2.05, 4.69) is 10.00 Å². The number of hydrogen-bond acceptors (Lipinski definition) is 6. The van der Waals surface area contributed by atoms with Crippen LogP contribution in [0.5, 0.6) is 11.5 Å². The van der Waals surface area contributed by atoms with Crippen molar-refractivity contribution in [1.29, 1.82) is 0 Å². The molecular weight excluding hydrogens is 413 g/mol. The van der Waals surface area contributed by atoms with Crippen LogP contribution in [0.25, 0.3) is 10.8 Å². The quantitative estimate of drug-likeness (QED) is 0.527. The number of nitrogens with zero attached hydrogens (tertiary/aromatic N) is 3. The SMILES string of the molecule is COc1cc2cnn(CCN3CCC(C(=O)c4ccc(F)cc4)CC3)c(=O)c2cc1OC. The molecule has 0 bridgehead atoms. The van der Waals surface area contributed by atoms with E-state index in [-0.39, 0.29) is 23.1 Å². The van der Waals surface area contributed by atoms with Gasteiger partial charge < -0.3 is 14.4 Å². The molecule has 0 saturated carbocycles. The van der Waals surface area contributed by atoms with Crippen LogP contribution in [0.3, 0.4) is 0 Å². The summed E-state index contributed by atoms with van der Waals surface area (Å²) in [6.07, 6.45) is 3.15. The highest BCUT2D eigenvalue weighted by atomic mass is 19.1. The fourth-order valence-corrected chi connectivity index (χ4v) is 4.17. The van der Waals surface area contributed by atoms with Crippen LogP contribution in [0.4, 0.5) is 4.39 Å². The normalized spacial score (nSPS) is 15.1. The molecule has 8 heteroatoms. The molecule has 168 valence electrons. The fourth-order valence-electron chi connectivity index (χ4n) is 4.17. The predicted molar refractivity (Wildman–Crippen MR) is 119 cm³/mol. The number of ether oxygens (including phenoxy) is 2. The van der Waals surface area contributed by atoms with Gasteiger partial charge in [0.05, 0.1) is 32.3 Å². The van der Waals surface area contributed by atoms with E-state index < -0.39 is 0 Å². The topological polar surface area (TPSA) is 73.7 Å². The van der Waals surface area contributed by atoms with Gasteiger partial charge in [-0.1, -0.05) is 0 Å². The molecular formula is C24H26FN3O4. The number of rotatable bonds is 7. The maximum absolute atomic E-state index is 13.1. The van der Waals surface area contributed by atoms with E-state index in [0.717, 1.165) is 25.9 Å². The number of aromatic nitrogens is 2. The third-order valence-electron chi connectivity index (χ3n) is 6.07. The molecule has 0 amide bonds. The Balaban J connectivity index is 1.38. The Labute approximate surface area is 185 Å². The van der Waals surface area contributed by atoms with Crippen LogP contribution in [-0.2, 0) is 6.54 Å². The summed E-state index contributed by atoms with van der Waals surface area (Å²) >= 11 is 0. The van der Waals surface area contributed by atoms with Gasteiger partial charge in [0, 0.05) is 23.4 Å². The smallest absolute Gasteiger partial charge is 0.274 e. The summed E-state index contributed by atoms with van der Waals surface area (Å²) < 4.78 is 25.2. The Hall–Kier alpha value is -3.26. The van der Waals surface area contributed by atoms with E-state index in [4.69, 9.17) is 9.47 Å². The summed E-state index contributed by atoms with van der Waals surface area (Å²) in [6, 6.07) is 9.17. The van der Waals surface area contributed by atoms with E-state index in [1.807, 2.05) is 0 Å². The van der Waals surface area contributed by atoms with Crippen LogP contribution in [-0.4, -0.2) is 54.3 Å². The van der Waals surface area contributed by atoms with Crippen molar-refractivity contribution in [2.45, 2.75) is 19.4 Å². The van der Waals surface area contributed by atoms with E-state index >= 15 is 0 Å². The summed E-state index contributed by atoms with van der Waals surface area (Å²) in [5, 5.41) is 5.54. The van der Waals surface area contributed by atoms with E-state index in [0.29, 0.717) is 40.9 Å². The van der Waals surface area contributed by atoms with Crippen molar-refractivity contribution in [1.82, 2.24) is 14.7 Å². The molecule has 2 aromatic carbocycles. The highest BCUT2D eigenvalue weighted by Crippen LogP contribution is 2.30. The lowest BCUT2D eigenvalue weighted by Gasteiger charge is -2.31. The maximum Gasteiger partial charge on any atom is 0.274 e. The number of fused-ring (bicyclic) bond motifs is 1. The molecule has 0 atom stereocenters. The van der Waals surface area contributed by atoms with Gasteiger partial charge in [-0.05, 0) is 62.3 Å². The van der Waals surface area contributed by atoms with Crippen LogP contribution >= 0.6 is 0 Å². The third kappa shape index (κ3) is 4.50. The van der Waals surface area contributed by atoms with Gasteiger partial charge >= 0.3 is 0 Å². The second kappa shape index (κ2) is 9.48. The van der Waals surface area contributed by atoms with Gasteiger partial charge in [-0.3, -0.25) is 9.59 Å². The number of piperidine rings is 1. The van der Waals surface area contributed by atoms with Gasteiger partial charge in [0.25, 0.3) is 5.56 Å². The predicted octanol–water partition coefficient (Wildman–Crippen LogP) is 3.15. The molecule has 1 saturated heterocycles. The molecule has 32 heavy (non-hydrogen) atoms. The Bertz CT molecular complexity index is 1170. The van der Waals surface area contributed by atoms with Crippen LogP contribution in [0.2, 0.25) is 0 Å². The zero-order chi connectivity index (χ0) is 22.7. The lowest BCUT2D eigenvalue weighted by Crippen LogP contribution is -2.39. The van der Waals surface area contributed by atoms with Gasteiger partial charge in [0.2, 0.25) is 0 Å². The molecule has 0 N–H and O–H groups in total. The number of ketones is 1. The lowest BCUT2D eigenvalue weighted by molar-refractivity contribution is 0.0836. The highest BCUT2D eigenvalue weighted by Gasteiger charge is 2.25. The van der Waals surface area contributed by atoms with Crippen LogP contribution in [0.1, 0.15) is 23.2 Å². The minimum atomic E-state index is -0.341. The Morgan fingerprint density at radius 2 is 1.72 bits per heavy atom. The largest absolute Gasteiger partial charge is 0.493 e. The molecule has 7 nitrogen and oxygen atoms in total. The first-order valence-corrected chi connectivity index (χ1v) is 10.6.